The number of hydrogen-bond donors (Lipinski definition) is 2. The fraction of sp³-hybridized carbons (Fsp3) is 0.619. The molecule has 2 fully saturated rings. The maximum absolute atomic E-state index is 13.5. The number of amides is 1. The number of H-pyrrole nitrogens is 1. The van der Waals surface area contributed by atoms with E-state index < -0.39 is 0 Å². The molecular weight excluding hydrogens is 352 g/mol. The van der Waals surface area contributed by atoms with Crippen molar-refractivity contribution in [3.8, 4) is 0 Å². The van der Waals surface area contributed by atoms with Crippen molar-refractivity contribution in [1.29, 1.82) is 0 Å². The van der Waals surface area contributed by atoms with Crippen molar-refractivity contribution in [2.45, 2.75) is 69.1 Å². The highest BCUT2D eigenvalue weighted by atomic mass is 16.2. The number of piperidine rings is 1. The molecule has 3 N–H and O–H groups in total. The topological polar surface area (TPSA) is 101 Å². The molecular formula is C21H28N6O. The molecule has 1 spiro atoms. The summed E-state index contributed by atoms with van der Waals surface area (Å²) < 4.78 is 0. The van der Waals surface area contributed by atoms with Crippen LogP contribution in [-0.2, 0) is 11.8 Å². The van der Waals surface area contributed by atoms with Crippen molar-refractivity contribution < 1.29 is 4.79 Å². The number of carbonyl (C=O) groups is 1. The third-order valence-corrected chi connectivity index (χ3v) is 7.04. The van der Waals surface area contributed by atoms with E-state index in [4.69, 9.17) is 5.73 Å². The molecule has 7 heteroatoms. The van der Waals surface area contributed by atoms with E-state index in [-0.39, 0.29) is 11.3 Å². The highest BCUT2D eigenvalue weighted by molar-refractivity contribution is 5.95. The second-order valence-electron chi connectivity index (χ2n) is 8.74. The van der Waals surface area contributed by atoms with E-state index in [0.717, 1.165) is 62.0 Å². The number of anilines is 1. The van der Waals surface area contributed by atoms with Crippen LogP contribution >= 0.6 is 0 Å². The first-order chi connectivity index (χ1) is 13.7. The van der Waals surface area contributed by atoms with Gasteiger partial charge in [0.25, 0.3) is 5.91 Å². The average Bonchev–Trinajstić information content (AvgIpc) is 3.34. The van der Waals surface area contributed by atoms with E-state index in [1.807, 2.05) is 11.1 Å². The number of aromatic nitrogens is 4. The lowest BCUT2D eigenvalue weighted by atomic mass is 9.77. The molecule has 1 aliphatic heterocycles. The third-order valence-electron chi connectivity index (χ3n) is 7.04. The van der Waals surface area contributed by atoms with Crippen LogP contribution in [0.1, 0.15) is 84.6 Å². The Morgan fingerprint density at radius 2 is 2.04 bits per heavy atom. The van der Waals surface area contributed by atoms with Crippen LogP contribution in [-0.4, -0.2) is 44.1 Å². The molecule has 2 aromatic rings. The summed E-state index contributed by atoms with van der Waals surface area (Å²) in [4.78, 5) is 24.2. The Bertz CT molecular complexity index is 883. The van der Waals surface area contributed by atoms with Crippen LogP contribution in [0.4, 0.5) is 5.95 Å². The lowest BCUT2D eigenvalue weighted by molar-refractivity contribution is 0.0631. The Balaban J connectivity index is 1.41. The predicted molar refractivity (Wildman–Crippen MR) is 106 cm³/mol. The van der Waals surface area contributed by atoms with E-state index in [1.165, 1.54) is 24.8 Å². The number of fused-ring (bicyclic) bond motifs is 2. The minimum absolute atomic E-state index is 0.0744. The fourth-order valence-corrected chi connectivity index (χ4v) is 5.60. The number of likely N-dealkylation sites (tertiary alicyclic amines) is 1. The molecule has 0 bridgehead atoms. The number of nitrogens with one attached hydrogen (secondary N) is 1. The fourth-order valence-electron chi connectivity index (χ4n) is 5.60. The predicted octanol–water partition coefficient (Wildman–Crippen LogP) is 2.95. The summed E-state index contributed by atoms with van der Waals surface area (Å²) in [7, 11) is 0. The van der Waals surface area contributed by atoms with Crippen molar-refractivity contribution in [3.63, 3.8) is 0 Å². The van der Waals surface area contributed by atoms with E-state index in [1.54, 1.807) is 6.20 Å². The van der Waals surface area contributed by atoms with Gasteiger partial charge in [-0.25, -0.2) is 9.97 Å². The van der Waals surface area contributed by atoms with Crippen LogP contribution in [0.25, 0.3) is 0 Å². The number of rotatable bonds is 2. The minimum atomic E-state index is -0.0744. The molecule has 1 amide bonds. The molecule has 1 atom stereocenters. The number of nitrogen functional groups attached to an aromatic ring is 1. The second-order valence-corrected chi connectivity index (χ2v) is 8.74. The number of carbonyl (C=O) groups excluding carboxylic acids is 1. The van der Waals surface area contributed by atoms with Crippen LogP contribution < -0.4 is 5.73 Å². The summed E-state index contributed by atoms with van der Waals surface area (Å²) >= 11 is 0. The van der Waals surface area contributed by atoms with Gasteiger partial charge in [-0.15, -0.1) is 0 Å². The summed E-state index contributed by atoms with van der Waals surface area (Å²) in [5.41, 5.74) is 9.87. The summed E-state index contributed by atoms with van der Waals surface area (Å²) in [6, 6.07) is 0. The van der Waals surface area contributed by atoms with Gasteiger partial charge in [-0.2, -0.15) is 5.10 Å². The van der Waals surface area contributed by atoms with Crippen molar-refractivity contribution in [2.24, 2.45) is 0 Å². The molecule has 5 rings (SSSR count). The number of aromatic amines is 1. The van der Waals surface area contributed by atoms with Crippen LogP contribution in [0, 0.1) is 0 Å². The largest absolute Gasteiger partial charge is 0.368 e. The molecule has 3 aliphatic rings. The van der Waals surface area contributed by atoms with Crippen LogP contribution in [0.5, 0.6) is 0 Å². The second kappa shape index (κ2) is 6.87. The molecule has 28 heavy (non-hydrogen) atoms. The maximum atomic E-state index is 13.5. The number of aryl methyl sites for hydroxylation is 1. The molecule has 1 saturated carbocycles. The normalized spacial score (nSPS) is 25.2. The Labute approximate surface area is 165 Å². The summed E-state index contributed by atoms with van der Waals surface area (Å²) in [6.07, 6.45) is 13.7. The molecule has 1 unspecified atom stereocenters. The zero-order valence-corrected chi connectivity index (χ0v) is 16.3. The molecule has 1 saturated heterocycles. The van der Waals surface area contributed by atoms with Gasteiger partial charge in [-0.1, -0.05) is 19.3 Å². The van der Waals surface area contributed by atoms with E-state index >= 15 is 0 Å². The number of nitrogens with zero attached hydrogens (tertiary/aromatic N) is 4. The van der Waals surface area contributed by atoms with Gasteiger partial charge in [0, 0.05) is 30.6 Å². The average molecular weight is 380 g/mol. The molecule has 0 aromatic carbocycles. The molecule has 2 aromatic heterocycles. The van der Waals surface area contributed by atoms with E-state index in [9.17, 15) is 4.79 Å². The quantitative estimate of drug-likeness (QED) is 0.834. The molecule has 0 radical (unpaired) electrons. The Hall–Kier alpha value is -2.44. The van der Waals surface area contributed by atoms with Crippen LogP contribution in [0.15, 0.2) is 12.4 Å². The van der Waals surface area contributed by atoms with E-state index in [2.05, 4.69) is 20.2 Å². The van der Waals surface area contributed by atoms with Gasteiger partial charge in [0.05, 0.1) is 23.1 Å². The maximum Gasteiger partial charge on any atom is 0.257 e. The first-order valence-corrected chi connectivity index (χ1v) is 10.6. The van der Waals surface area contributed by atoms with Gasteiger partial charge >= 0.3 is 0 Å². The Morgan fingerprint density at radius 3 is 2.89 bits per heavy atom. The molecule has 148 valence electrons. The summed E-state index contributed by atoms with van der Waals surface area (Å²) in [5.74, 6) is 0.885. The zero-order chi connectivity index (χ0) is 19.1. The van der Waals surface area contributed by atoms with Crippen molar-refractivity contribution >= 4 is 11.9 Å². The molecule has 2 aliphatic carbocycles. The number of nitrogens with two attached hydrogens (primary N) is 1. The first-order valence-electron chi connectivity index (χ1n) is 10.6. The lowest BCUT2D eigenvalue weighted by Crippen LogP contribution is -2.48. The monoisotopic (exact) mass is 380 g/mol. The van der Waals surface area contributed by atoms with Crippen molar-refractivity contribution in [3.05, 3.63) is 34.9 Å². The van der Waals surface area contributed by atoms with Gasteiger partial charge in [0.2, 0.25) is 5.95 Å². The van der Waals surface area contributed by atoms with Gasteiger partial charge < -0.3 is 10.6 Å². The van der Waals surface area contributed by atoms with Crippen LogP contribution in [0.2, 0.25) is 0 Å². The third kappa shape index (κ3) is 2.88. The minimum Gasteiger partial charge on any atom is -0.368 e. The lowest BCUT2D eigenvalue weighted by Gasteiger charge is -2.40. The van der Waals surface area contributed by atoms with Gasteiger partial charge in [-0.05, 0) is 44.1 Å². The zero-order valence-electron chi connectivity index (χ0n) is 16.3. The van der Waals surface area contributed by atoms with Crippen LogP contribution in [0.3, 0.4) is 0 Å². The van der Waals surface area contributed by atoms with Gasteiger partial charge in [0.15, 0.2) is 0 Å². The molecule has 3 heterocycles. The highest BCUT2D eigenvalue weighted by Gasteiger charge is 2.45. The first kappa shape index (κ1) is 17.6. The Morgan fingerprint density at radius 1 is 1.18 bits per heavy atom. The Kier molecular flexibility index (Phi) is 4.33. The van der Waals surface area contributed by atoms with Crippen molar-refractivity contribution in [2.75, 3.05) is 18.8 Å². The standard InChI is InChI=1S/C21H28N6O/c22-20-23-11-15-7-9-21(18(15)25-20)8-4-10-27(13-21)19(28)16-12-24-26-17(16)14-5-2-1-3-6-14/h11-12,14H,1-10,13H2,(H,24,26)(H2,22,23,25). The van der Waals surface area contributed by atoms with Gasteiger partial charge in [0.1, 0.15) is 0 Å². The SMILES string of the molecule is Nc1ncc2c(n1)C1(CCCN(C(=O)c3cn[nH]c3C3CCCCC3)C1)CC2. The van der Waals surface area contributed by atoms with E-state index in [0.29, 0.717) is 18.4 Å². The van der Waals surface area contributed by atoms with Gasteiger partial charge in [-0.3, -0.25) is 9.89 Å². The molecule has 7 nitrogen and oxygen atoms in total. The van der Waals surface area contributed by atoms with Crippen molar-refractivity contribution in [1.82, 2.24) is 25.1 Å². The number of hydrogen-bond acceptors (Lipinski definition) is 5. The smallest absolute Gasteiger partial charge is 0.257 e. The summed E-state index contributed by atoms with van der Waals surface area (Å²) in [6.45, 7) is 1.51. The summed E-state index contributed by atoms with van der Waals surface area (Å²) in [5, 5.41) is 7.39. The highest BCUT2D eigenvalue weighted by Crippen LogP contribution is 2.44.